The summed E-state index contributed by atoms with van der Waals surface area (Å²) in [6.07, 6.45) is 3.86. The highest BCUT2D eigenvalue weighted by molar-refractivity contribution is 9.10. The van der Waals surface area contributed by atoms with Crippen molar-refractivity contribution in [3.05, 3.63) is 52.4 Å². The zero-order valence-corrected chi connectivity index (χ0v) is 19.6. The molecule has 0 saturated carbocycles. The molecule has 0 bridgehead atoms. The van der Waals surface area contributed by atoms with E-state index in [1.165, 1.54) is 17.2 Å². The Hall–Kier alpha value is -1.24. The Morgan fingerprint density at radius 1 is 1.26 bits per heavy atom. The van der Waals surface area contributed by atoms with Gasteiger partial charge in [-0.1, -0.05) is 45.6 Å². The molecule has 0 aliphatic carbocycles. The number of nitrogens with zero attached hydrogens (tertiary/aromatic N) is 3. The Bertz CT molecular complexity index is 778. The van der Waals surface area contributed by atoms with Gasteiger partial charge in [-0.2, -0.15) is 0 Å². The molecule has 0 unspecified atom stereocenters. The first kappa shape index (κ1) is 20.5. The third kappa shape index (κ3) is 4.61. The summed E-state index contributed by atoms with van der Waals surface area (Å²) in [6, 6.07) is 9.63. The van der Waals surface area contributed by atoms with Crippen molar-refractivity contribution in [2.24, 2.45) is 0 Å². The molecule has 0 spiro atoms. The van der Waals surface area contributed by atoms with Gasteiger partial charge in [-0.15, -0.1) is 0 Å². The first-order valence-electron chi connectivity index (χ1n) is 9.60. The van der Waals surface area contributed by atoms with Gasteiger partial charge in [0.05, 0.1) is 0 Å². The predicted octanol–water partition coefficient (Wildman–Crippen LogP) is 5.43. The van der Waals surface area contributed by atoms with E-state index < -0.39 is 8.07 Å². The van der Waals surface area contributed by atoms with E-state index in [2.05, 4.69) is 76.4 Å². The highest BCUT2D eigenvalue weighted by atomic mass is 79.9. The number of hydrogen-bond donors (Lipinski definition) is 0. The fourth-order valence-corrected chi connectivity index (χ4v) is 4.68. The van der Waals surface area contributed by atoms with Crippen LogP contribution in [-0.2, 0) is 10.2 Å². The Balaban J connectivity index is 1.78. The van der Waals surface area contributed by atoms with E-state index in [-0.39, 0.29) is 5.41 Å². The molecule has 0 amide bonds. The van der Waals surface area contributed by atoms with E-state index in [4.69, 9.17) is 4.74 Å². The maximum Gasteiger partial charge on any atom is 0.134 e. The number of rotatable bonds is 7. The fraction of sp³-hybridized carbons (Fsp3) is 0.524. The third-order valence-corrected chi connectivity index (χ3v) is 7.84. The van der Waals surface area contributed by atoms with Gasteiger partial charge in [0.25, 0.3) is 0 Å². The molecule has 3 heterocycles. The van der Waals surface area contributed by atoms with Crippen LogP contribution in [0.3, 0.4) is 0 Å². The van der Waals surface area contributed by atoms with Crippen LogP contribution in [0.1, 0.15) is 30.9 Å². The van der Waals surface area contributed by atoms with E-state index in [9.17, 15) is 0 Å². The van der Waals surface area contributed by atoms with Crippen LogP contribution in [-0.4, -0.2) is 37.9 Å². The first-order chi connectivity index (χ1) is 12.7. The number of pyridine rings is 2. The largest absolute Gasteiger partial charge is 0.361 e. The number of ether oxygens (including phenoxy) is 1. The Labute approximate surface area is 172 Å². The van der Waals surface area contributed by atoms with Gasteiger partial charge in [0.2, 0.25) is 0 Å². The minimum Gasteiger partial charge on any atom is -0.361 e. The average Bonchev–Trinajstić information content (AvgIpc) is 2.92. The van der Waals surface area contributed by atoms with E-state index in [1.807, 2.05) is 24.5 Å². The molecule has 0 N–H and O–H groups in total. The van der Waals surface area contributed by atoms with Gasteiger partial charge in [0.15, 0.2) is 0 Å². The van der Waals surface area contributed by atoms with E-state index in [0.29, 0.717) is 12.6 Å². The summed E-state index contributed by atoms with van der Waals surface area (Å²) in [7, 11) is -1.07. The number of hydrogen-bond acceptors (Lipinski definition) is 4. The molecule has 0 saturated heterocycles. The highest BCUT2D eigenvalue weighted by Crippen LogP contribution is 2.47. The zero-order chi connectivity index (χ0) is 19.7. The Kier molecular flexibility index (Phi) is 6.08. The molecule has 4 nitrogen and oxygen atoms in total. The van der Waals surface area contributed by atoms with E-state index in [1.54, 1.807) is 0 Å². The lowest BCUT2D eigenvalue weighted by Gasteiger charge is -2.33. The van der Waals surface area contributed by atoms with Gasteiger partial charge in [-0.05, 0) is 45.6 Å². The summed E-state index contributed by atoms with van der Waals surface area (Å²) < 4.78 is 6.92. The smallest absolute Gasteiger partial charge is 0.134 e. The van der Waals surface area contributed by atoms with Gasteiger partial charge < -0.3 is 9.64 Å². The highest BCUT2D eigenvalue weighted by Gasteiger charge is 2.44. The molecule has 2 aromatic rings. The van der Waals surface area contributed by atoms with Crippen LogP contribution in [0.5, 0.6) is 0 Å². The summed E-state index contributed by atoms with van der Waals surface area (Å²) in [5, 5.41) is 0. The Morgan fingerprint density at radius 3 is 2.70 bits per heavy atom. The standard InChI is InChI=1S/C21H30BrN3OSi/c1-16(17-8-9-19(22)24-13-17)21(2)14-25(15-26-11-12-27(3,4)5)20-18(21)7-6-10-23-20/h6-10,13,16H,11-12,14-15H2,1-5H3/t16-,21+/m0/s1. The van der Waals surface area contributed by atoms with Gasteiger partial charge in [0.1, 0.15) is 17.2 Å². The van der Waals surface area contributed by atoms with Gasteiger partial charge in [-0.25, -0.2) is 9.97 Å². The molecule has 146 valence electrons. The Morgan fingerprint density at radius 2 is 2.04 bits per heavy atom. The van der Waals surface area contributed by atoms with Crippen molar-refractivity contribution in [3.63, 3.8) is 0 Å². The summed E-state index contributed by atoms with van der Waals surface area (Å²) >= 11 is 3.43. The minimum absolute atomic E-state index is 0.0265. The van der Waals surface area contributed by atoms with Gasteiger partial charge >= 0.3 is 0 Å². The molecule has 6 heteroatoms. The van der Waals surface area contributed by atoms with Crippen LogP contribution in [0.15, 0.2) is 41.3 Å². The summed E-state index contributed by atoms with van der Waals surface area (Å²) in [6.45, 7) is 14.1. The molecule has 2 aromatic heterocycles. The third-order valence-electron chi connectivity index (χ3n) is 5.67. The quantitative estimate of drug-likeness (QED) is 0.322. The number of aromatic nitrogens is 2. The predicted molar refractivity (Wildman–Crippen MR) is 118 cm³/mol. The maximum absolute atomic E-state index is 6.05. The van der Waals surface area contributed by atoms with Crippen molar-refractivity contribution in [3.8, 4) is 0 Å². The SMILES string of the molecule is C[C@@H](c1ccc(Br)nc1)[C@@]1(C)CN(COCC[Si](C)(C)C)c2ncccc21. The summed E-state index contributed by atoms with van der Waals surface area (Å²) in [4.78, 5) is 11.4. The second-order valence-corrected chi connectivity index (χ2v) is 15.4. The first-order valence-corrected chi connectivity index (χ1v) is 14.1. The molecule has 1 aliphatic rings. The average molecular weight is 448 g/mol. The molecule has 2 atom stereocenters. The van der Waals surface area contributed by atoms with Crippen molar-refractivity contribution in [2.75, 3.05) is 24.8 Å². The van der Waals surface area contributed by atoms with Gasteiger partial charge in [0, 0.05) is 44.6 Å². The number of fused-ring (bicyclic) bond motifs is 1. The van der Waals surface area contributed by atoms with Crippen LogP contribution in [0.4, 0.5) is 5.82 Å². The zero-order valence-electron chi connectivity index (χ0n) is 17.0. The summed E-state index contributed by atoms with van der Waals surface area (Å²) in [5.74, 6) is 1.39. The van der Waals surface area contributed by atoms with E-state index in [0.717, 1.165) is 23.6 Å². The van der Waals surface area contributed by atoms with Crippen LogP contribution in [0.25, 0.3) is 0 Å². The minimum atomic E-state index is -1.07. The lowest BCUT2D eigenvalue weighted by molar-refractivity contribution is 0.144. The molecule has 3 rings (SSSR count). The monoisotopic (exact) mass is 447 g/mol. The summed E-state index contributed by atoms with van der Waals surface area (Å²) in [5.41, 5.74) is 2.52. The maximum atomic E-state index is 6.05. The van der Waals surface area contributed by atoms with Gasteiger partial charge in [-0.3, -0.25) is 0 Å². The topological polar surface area (TPSA) is 38.2 Å². The lowest BCUT2D eigenvalue weighted by Crippen LogP contribution is -2.36. The normalized spacial score (nSPS) is 20.6. The van der Waals surface area contributed by atoms with Crippen LogP contribution in [0, 0.1) is 0 Å². The molecular formula is C21H30BrN3OSi. The van der Waals surface area contributed by atoms with Crippen LogP contribution < -0.4 is 4.90 Å². The van der Waals surface area contributed by atoms with Crippen molar-refractivity contribution >= 4 is 29.8 Å². The van der Waals surface area contributed by atoms with Crippen molar-refractivity contribution in [1.82, 2.24) is 9.97 Å². The molecule has 0 fully saturated rings. The molecular weight excluding hydrogens is 418 g/mol. The number of halogens is 1. The van der Waals surface area contributed by atoms with Crippen LogP contribution >= 0.6 is 15.9 Å². The molecule has 0 aromatic carbocycles. The molecule has 1 aliphatic heterocycles. The fourth-order valence-electron chi connectivity index (χ4n) is 3.69. The van der Waals surface area contributed by atoms with Crippen molar-refractivity contribution in [1.29, 1.82) is 0 Å². The number of anilines is 1. The lowest BCUT2D eigenvalue weighted by atomic mass is 9.72. The molecule has 27 heavy (non-hydrogen) atoms. The molecule has 0 radical (unpaired) electrons. The van der Waals surface area contributed by atoms with E-state index >= 15 is 0 Å². The van der Waals surface area contributed by atoms with Crippen molar-refractivity contribution < 1.29 is 4.74 Å². The van der Waals surface area contributed by atoms with Crippen molar-refractivity contribution in [2.45, 2.75) is 50.9 Å². The van der Waals surface area contributed by atoms with Crippen LogP contribution in [0.2, 0.25) is 25.7 Å². The second kappa shape index (κ2) is 8.01. The second-order valence-electron chi connectivity index (χ2n) is 8.97.